The second kappa shape index (κ2) is 7.87. The van der Waals surface area contributed by atoms with Gasteiger partial charge in [-0.2, -0.15) is 0 Å². The summed E-state index contributed by atoms with van der Waals surface area (Å²) in [7, 11) is 0. The maximum Gasteiger partial charge on any atom is 0.351 e. The Balaban J connectivity index is 1.72. The molecule has 1 N–H and O–H groups in total. The number of urea groups is 1. The number of amides is 3. The number of carbonyl (C=O) groups is 3. The molecule has 8 heteroatoms. The van der Waals surface area contributed by atoms with Crippen LogP contribution < -0.4 is 5.32 Å². The molecule has 0 radical (unpaired) electrons. The van der Waals surface area contributed by atoms with Crippen molar-refractivity contribution in [2.45, 2.75) is 33.3 Å². The topological polar surface area (TPSA) is 88.6 Å². The lowest BCUT2D eigenvalue weighted by Gasteiger charge is -2.17. The third kappa shape index (κ3) is 4.00. The van der Waals surface area contributed by atoms with Gasteiger partial charge in [0.2, 0.25) is 0 Å². The Morgan fingerprint density at radius 3 is 2.63 bits per heavy atom. The molecule has 1 saturated heterocycles. The maximum absolute atomic E-state index is 12.5. The van der Waals surface area contributed by atoms with Crippen LogP contribution >= 0.6 is 11.3 Å². The van der Waals surface area contributed by atoms with Crippen molar-refractivity contribution >= 4 is 29.2 Å². The first-order valence-electron chi connectivity index (χ1n) is 8.77. The monoisotopic (exact) mass is 387 g/mol. The number of ether oxygens (including phenoxy) is 1. The number of carbonyl (C=O) groups excluding carboxylic acids is 3. The van der Waals surface area contributed by atoms with Crippen LogP contribution in [0, 0.1) is 6.92 Å². The van der Waals surface area contributed by atoms with Crippen molar-refractivity contribution < 1.29 is 19.1 Å². The van der Waals surface area contributed by atoms with Gasteiger partial charge in [-0.1, -0.05) is 31.2 Å². The molecule has 2 heterocycles. The van der Waals surface area contributed by atoms with E-state index in [0.29, 0.717) is 17.1 Å². The SMILES string of the molecule is CCc1ccc(-c2nc(C)c(C(=O)O[C@@H](C)C(=O)N3CCNC3=O)s2)cc1. The fraction of sp³-hybridized carbons (Fsp3) is 0.368. The number of hydrogen-bond donors (Lipinski definition) is 1. The molecule has 1 aromatic carbocycles. The lowest BCUT2D eigenvalue weighted by molar-refractivity contribution is -0.136. The van der Waals surface area contributed by atoms with E-state index in [1.807, 2.05) is 24.3 Å². The van der Waals surface area contributed by atoms with E-state index in [1.54, 1.807) is 6.92 Å². The number of aryl methyl sites for hydroxylation is 2. The van der Waals surface area contributed by atoms with Crippen molar-refractivity contribution in [3.05, 3.63) is 40.4 Å². The molecule has 0 bridgehead atoms. The Kier molecular flexibility index (Phi) is 5.55. The van der Waals surface area contributed by atoms with Crippen LogP contribution in [-0.2, 0) is 16.0 Å². The lowest BCUT2D eigenvalue weighted by Crippen LogP contribution is -2.41. The van der Waals surface area contributed by atoms with Crippen molar-refractivity contribution in [3.63, 3.8) is 0 Å². The second-order valence-corrected chi connectivity index (χ2v) is 7.25. The normalized spacial score (nSPS) is 14.8. The summed E-state index contributed by atoms with van der Waals surface area (Å²) in [5.41, 5.74) is 2.71. The number of rotatable bonds is 5. The lowest BCUT2D eigenvalue weighted by atomic mass is 10.1. The summed E-state index contributed by atoms with van der Waals surface area (Å²) < 4.78 is 5.29. The summed E-state index contributed by atoms with van der Waals surface area (Å²) >= 11 is 1.23. The second-order valence-electron chi connectivity index (χ2n) is 6.25. The van der Waals surface area contributed by atoms with Gasteiger partial charge in [-0.15, -0.1) is 11.3 Å². The average Bonchev–Trinajstić information content (AvgIpc) is 3.26. The summed E-state index contributed by atoms with van der Waals surface area (Å²) in [5, 5.41) is 3.27. The zero-order chi connectivity index (χ0) is 19.6. The molecule has 27 heavy (non-hydrogen) atoms. The Morgan fingerprint density at radius 1 is 1.33 bits per heavy atom. The van der Waals surface area contributed by atoms with Crippen molar-refractivity contribution in [1.29, 1.82) is 0 Å². The minimum Gasteiger partial charge on any atom is -0.448 e. The summed E-state index contributed by atoms with van der Waals surface area (Å²) in [6.45, 7) is 5.96. The van der Waals surface area contributed by atoms with Gasteiger partial charge in [-0.25, -0.2) is 14.6 Å². The van der Waals surface area contributed by atoms with Crippen LogP contribution in [0.4, 0.5) is 4.79 Å². The van der Waals surface area contributed by atoms with E-state index in [-0.39, 0.29) is 6.54 Å². The molecule has 3 rings (SSSR count). The molecule has 3 amide bonds. The Hall–Kier alpha value is -2.74. The Morgan fingerprint density at radius 2 is 2.04 bits per heavy atom. The number of thiazole rings is 1. The number of imide groups is 1. The van der Waals surface area contributed by atoms with Gasteiger partial charge >= 0.3 is 12.0 Å². The minimum atomic E-state index is -1.05. The largest absolute Gasteiger partial charge is 0.448 e. The molecule has 1 atom stereocenters. The van der Waals surface area contributed by atoms with Gasteiger partial charge in [-0.05, 0) is 25.8 Å². The molecule has 2 aromatic rings. The van der Waals surface area contributed by atoms with Crippen molar-refractivity contribution in [3.8, 4) is 10.6 Å². The fourth-order valence-electron chi connectivity index (χ4n) is 2.76. The highest BCUT2D eigenvalue weighted by molar-refractivity contribution is 7.17. The summed E-state index contributed by atoms with van der Waals surface area (Å²) in [5.74, 6) is -1.14. The van der Waals surface area contributed by atoms with Crippen molar-refractivity contribution in [2.24, 2.45) is 0 Å². The molecule has 0 aliphatic carbocycles. The zero-order valence-electron chi connectivity index (χ0n) is 15.4. The predicted molar refractivity (Wildman–Crippen MR) is 102 cm³/mol. The number of aromatic nitrogens is 1. The van der Waals surface area contributed by atoms with Gasteiger partial charge < -0.3 is 10.1 Å². The van der Waals surface area contributed by atoms with Crippen molar-refractivity contribution in [1.82, 2.24) is 15.2 Å². The van der Waals surface area contributed by atoms with Crippen LogP contribution in [0.5, 0.6) is 0 Å². The van der Waals surface area contributed by atoms with Crippen LogP contribution in [0.1, 0.15) is 34.8 Å². The van der Waals surface area contributed by atoms with E-state index in [9.17, 15) is 14.4 Å². The number of nitrogens with one attached hydrogen (secondary N) is 1. The molecule has 1 aliphatic heterocycles. The number of hydrogen-bond acceptors (Lipinski definition) is 6. The standard InChI is InChI=1S/C19H21N3O4S/c1-4-13-5-7-14(8-6-13)16-21-11(2)15(27-16)18(24)26-12(3)17(23)22-10-9-20-19(22)25/h5-8,12H,4,9-10H2,1-3H3,(H,20,25)/t12-/m0/s1. The summed E-state index contributed by atoms with van der Waals surface area (Å²) in [6, 6.07) is 7.56. The molecular formula is C19H21N3O4S. The molecule has 1 aliphatic rings. The third-order valence-corrected chi connectivity index (χ3v) is 5.53. The van der Waals surface area contributed by atoms with Gasteiger partial charge in [0.15, 0.2) is 6.10 Å². The molecular weight excluding hydrogens is 366 g/mol. The maximum atomic E-state index is 12.5. The van der Waals surface area contributed by atoms with Crippen LogP contribution in [-0.4, -0.2) is 47.0 Å². The van der Waals surface area contributed by atoms with E-state index >= 15 is 0 Å². The molecule has 0 unspecified atom stereocenters. The number of benzene rings is 1. The van der Waals surface area contributed by atoms with Gasteiger partial charge in [0.1, 0.15) is 9.88 Å². The Labute approximate surface area is 161 Å². The first kappa shape index (κ1) is 19.0. The van der Waals surface area contributed by atoms with Crippen molar-refractivity contribution in [2.75, 3.05) is 13.1 Å². The molecule has 142 valence electrons. The molecule has 1 fully saturated rings. The smallest absolute Gasteiger partial charge is 0.351 e. The van der Waals surface area contributed by atoms with Gasteiger partial charge in [0.25, 0.3) is 5.91 Å². The van der Waals surface area contributed by atoms with E-state index in [0.717, 1.165) is 21.9 Å². The van der Waals surface area contributed by atoms with Crippen LogP contribution in [0.25, 0.3) is 10.6 Å². The summed E-state index contributed by atoms with van der Waals surface area (Å²) in [6.07, 6.45) is -0.0921. The van der Waals surface area contributed by atoms with E-state index < -0.39 is 24.0 Å². The summed E-state index contributed by atoms with van der Waals surface area (Å²) in [4.78, 5) is 42.2. The van der Waals surface area contributed by atoms with Gasteiger partial charge in [0.05, 0.1) is 5.69 Å². The number of nitrogens with zero attached hydrogens (tertiary/aromatic N) is 2. The third-order valence-electron chi connectivity index (χ3n) is 4.35. The van der Waals surface area contributed by atoms with Gasteiger partial charge in [-0.3, -0.25) is 9.69 Å². The molecule has 7 nitrogen and oxygen atoms in total. The van der Waals surface area contributed by atoms with Crippen LogP contribution in [0.2, 0.25) is 0 Å². The van der Waals surface area contributed by atoms with E-state index in [2.05, 4.69) is 17.2 Å². The quantitative estimate of drug-likeness (QED) is 0.797. The average molecular weight is 387 g/mol. The molecule has 0 saturated carbocycles. The number of esters is 1. The highest BCUT2D eigenvalue weighted by Crippen LogP contribution is 2.29. The minimum absolute atomic E-state index is 0.275. The Bertz CT molecular complexity index is 876. The first-order valence-corrected chi connectivity index (χ1v) is 9.59. The van der Waals surface area contributed by atoms with Gasteiger partial charge in [0, 0.05) is 18.7 Å². The molecule has 1 aromatic heterocycles. The van der Waals surface area contributed by atoms with E-state index in [4.69, 9.17) is 4.74 Å². The first-order chi connectivity index (χ1) is 12.9. The molecule has 0 spiro atoms. The zero-order valence-corrected chi connectivity index (χ0v) is 16.3. The van der Waals surface area contributed by atoms with E-state index in [1.165, 1.54) is 23.8 Å². The predicted octanol–water partition coefficient (Wildman–Crippen LogP) is 2.78. The van der Waals surface area contributed by atoms with Crippen LogP contribution in [0.15, 0.2) is 24.3 Å². The highest BCUT2D eigenvalue weighted by atomic mass is 32.1. The van der Waals surface area contributed by atoms with Crippen LogP contribution in [0.3, 0.4) is 0 Å². The fourth-order valence-corrected chi connectivity index (χ4v) is 3.71. The highest BCUT2D eigenvalue weighted by Gasteiger charge is 2.32.